The second-order valence-corrected chi connectivity index (χ2v) is 6.27. The minimum absolute atomic E-state index is 0. The van der Waals surface area contributed by atoms with E-state index in [0.717, 1.165) is 18.0 Å². The van der Waals surface area contributed by atoms with Crippen molar-refractivity contribution in [1.29, 1.82) is 0 Å². The average molecular weight is 526 g/mol. The Labute approximate surface area is 192 Å². The van der Waals surface area contributed by atoms with Gasteiger partial charge < -0.3 is 24.5 Å². The van der Waals surface area contributed by atoms with Gasteiger partial charge in [0.1, 0.15) is 30.0 Å². The van der Waals surface area contributed by atoms with E-state index in [1.54, 1.807) is 19.4 Å². The summed E-state index contributed by atoms with van der Waals surface area (Å²) in [6, 6.07) is 11.1. The second kappa shape index (κ2) is 12.1. The van der Waals surface area contributed by atoms with Crippen LogP contribution in [-0.2, 0) is 6.54 Å². The molecule has 2 heterocycles. The van der Waals surface area contributed by atoms with Crippen molar-refractivity contribution < 1.29 is 13.9 Å². The van der Waals surface area contributed by atoms with Crippen LogP contribution in [0, 0.1) is 0 Å². The van der Waals surface area contributed by atoms with E-state index in [1.807, 2.05) is 44.2 Å². The molecule has 3 aromatic rings. The molecule has 0 amide bonds. The Morgan fingerprint density at radius 2 is 2.07 bits per heavy atom. The third-order valence-corrected chi connectivity index (χ3v) is 3.94. The number of methoxy groups -OCH3 is 1. The Kier molecular flexibility index (Phi) is 9.45. The fourth-order valence-electron chi connectivity index (χ4n) is 2.57. The van der Waals surface area contributed by atoms with Crippen LogP contribution in [0.3, 0.4) is 0 Å². The molecule has 0 saturated heterocycles. The van der Waals surface area contributed by atoms with Crippen LogP contribution in [0.25, 0.3) is 11.6 Å². The zero-order valence-electron chi connectivity index (χ0n) is 17.2. The Balaban J connectivity index is 0.00000320. The Hall–Kier alpha value is -2.76. The third-order valence-electron chi connectivity index (χ3n) is 3.94. The van der Waals surface area contributed by atoms with Crippen molar-refractivity contribution in [3.8, 4) is 23.1 Å². The molecule has 0 aliphatic rings. The number of H-pyrrole nitrogens is 1. The van der Waals surface area contributed by atoms with E-state index in [0.29, 0.717) is 36.5 Å². The Bertz CT molecular complexity index is 913. The van der Waals surface area contributed by atoms with E-state index < -0.39 is 0 Å². The maximum absolute atomic E-state index is 5.93. The molecule has 162 valence electrons. The first kappa shape index (κ1) is 23.5. The molecular weight excluding hydrogens is 499 g/mol. The lowest BCUT2D eigenvalue weighted by atomic mass is 10.3. The van der Waals surface area contributed by atoms with Crippen LogP contribution in [0.1, 0.15) is 19.7 Å². The molecule has 0 bridgehead atoms. The van der Waals surface area contributed by atoms with Crippen LogP contribution in [0.15, 0.2) is 52.1 Å². The molecule has 1 atom stereocenters. The van der Waals surface area contributed by atoms with Gasteiger partial charge in [-0.1, -0.05) is 6.07 Å². The molecule has 9 nitrogen and oxygen atoms in total. The van der Waals surface area contributed by atoms with Gasteiger partial charge in [-0.15, -0.1) is 29.1 Å². The molecule has 0 aliphatic carbocycles. The molecule has 0 aliphatic heterocycles. The van der Waals surface area contributed by atoms with Gasteiger partial charge in [-0.25, -0.2) is 9.98 Å². The fourth-order valence-corrected chi connectivity index (χ4v) is 2.57. The summed E-state index contributed by atoms with van der Waals surface area (Å²) in [5.74, 6) is 3.97. The molecule has 30 heavy (non-hydrogen) atoms. The number of nitrogens with one attached hydrogen (secondary N) is 3. The summed E-state index contributed by atoms with van der Waals surface area (Å²) in [6.45, 7) is 5.68. The fraction of sp³-hybridized carbons (Fsp3) is 0.350. The summed E-state index contributed by atoms with van der Waals surface area (Å²) in [6.07, 6.45) is 1.52. The number of guanidine groups is 1. The highest BCUT2D eigenvalue weighted by Gasteiger charge is 2.09. The highest BCUT2D eigenvalue weighted by molar-refractivity contribution is 14.0. The van der Waals surface area contributed by atoms with Gasteiger partial charge in [-0.2, -0.15) is 0 Å². The van der Waals surface area contributed by atoms with Crippen molar-refractivity contribution in [2.45, 2.75) is 26.5 Å². The van der Waals surface area contributed by atoms with Crippen LogP contribution >= 0.6 is 24.0 Å². The van der Waals surface area contributed by atoms with E-state index in [4.69, 9.17) is 13.9 Å². The summed E-state index contributed by atoms with van der Waals surface area (Å²) >= 11 is 0. The topological polar surface area (TPSA) is 110 Å². The third kappa shape index (κ3) is 6.94. The van der Waals surface area contributed by atoms with Crippen LogP contribution in [0.4, 0.5) is 0 Å². The number of aromatic nitrogens is 3. The van der Waals surface area contributed by atoms with Gasteiger partial charge in [0.15, 0.2) is 11.7 Å². The number of hydrogen-bond donors (Lipinski definition) is 3. The summed E-state index contributed by atoms with van der Waals surface area (Å²) in [5.41, 5.74) is 0. The summed E-state index contributed by atoms with van der Waals surface area (Å²) in [4.78, 5) is 8.93. The van der Waals surface area contributed by atoms with E-state index in [1.165, 1.54) is 0 Å². The van der Waals surface area contributed by atoms with Gasteiger partial charge in [-0.3, -0.25) is 5.10 Å². The SMILES string of the molecule is CCNC(=NCc1nc(-c2ccco2)n[nH]1)NCC(C)Oc1cccc(OC)c1.I. The van der Waals surface area contributed by atoms with Crippen molar-refractivity contribution in [1.82, 2.24) is 25.8 Å². The van der Waals surface area contributed by atoms with Gasteiger partial charge in [-0.05, 0) is 38.1 Å². The summed E-state index contributed by atoms with van der Waals surface area (Å²) in [7, 11) is 1.63. The Morgan fingerprint density at radius 3 is 2.80 bits per heavy atom. The number of nitrogens with zero attached hydrogens (tertiary/aromatic N) is 3. The minimum atomic E-state index is -0.0678. The van der Waals surface area contributed by atoms with Gasteiger partial charge >= 0.3 is 0 Å². The largest absolute Gasteiger partial charge is 0.497 e. The highest BCUT2D eigenvalue weighted by Crippen LogP contribution is 2.19. The molecule has 0 fully saturated rings. The maximum Gasteiger partial charge on any atom is 0.216 e. The molecule has 0 saturated carbocycles. The van der Waals surface area contributed by atoms with Crippen LogP contribution < -0.4 is 20.1 Å². The molecule has 1 aromatic carbocycles. The molecular formula is C20H27IN6O3. The first-order valence-corrected chi connectivity index (χ1v) is 9.46. The number of halogens is 1. The Morgan fingerprint density at radius 1 is 1.23 bits per heavy atom. The lowest BCUT2D eigenvalue weighted by Crippen LogP contribution is -2.41. The summed E-state index contributed by atoms with van der Waals surface area (Å²) in [5, 5.41) is 13.5. The molecule has 3 N–H and O–H groups in total. The quantitative estimate of drug-likeness (QED) is 0.223. The van der Waals surface area contributed by atoms with Crippen molar-refractivity contribution in [3.05, 3.63) is 48.5 Å². The predicted octanol–water partition coefficient (Wildman–Crippen LogP) is 3.21. The molecule has 2 aromatic heterocycles. The van der Waals surface area contributed by atoms with E-state index >= 15 is 0 Å². The van der Waals surface area contributed by atoms with Crippen LogP contribution in [0.2, 0.25) is 0 Å². The zero-order chi connectivity index (χ0) is 20.5. The first-order chi connectivity index (χ1) is 14.2. The standard InChI is InChI=1S/C20H26N6O3.HI/c1-4-21-20(22-12-14(2)29-16-8-5-7-15(11-16)27-3)23-13-18-24-19(26-25-18)17-9-6-10-28-17;/h5-11,14H,4,12-13H2,1-3H3,(H2,21,22,23)(H,24,25,26);1H. The van der Waals surface area contributed by atoms with Crippen LogP contribution in [0.5, 0.6) is 11.5 Å². The molecule has 3 rings (SSSR count). The monoisotopic (exact) mass is 526 g/mol. The number of benzene rings is 1. The average Bonchev–Trinajstić information content (AvgIpc) is 3.42. The van der Waals surface area contributed by atoms with E-state index in [9.17, 15) is 0 Å². The first-order valence-electron chi connectivity index (χ1n) is 9.46. The number of ether oxygens (including phenoxy) is 2. The van der Waals surface area contributed by atoms with Crippen molar-refractivity contribution in [2.75, 3.05) is 20.2 Å². The molecule has 0 radical (unpaired) electrons. The van der Waals surface area contributed by atoms with Gasteiger partial charge in [0, 0.05) is 12.6 Å². The normalized spacial score (nSPS) is 12.0. The maximum atomic E-state index is 5.93. The second-order valence-electron chi connectivity index (χ2n) is 6.27. The number of aromatic amines is 1. The molecule has 0 spiro atoms. The van der Waals surface area contributed by atoms with Gasteiger partial charge in [0.2, 0.25) is 5.82 Å². The predicted molar refractivity (Wildman–Crippen MR) is 125 cm³/mol. The summed E-state index contributed by atoms with van der Waals surface area (Å²) < 4.78 is 16.4. The number of aliphatic imine (C=N–C) groups is 1. The smallest absolute Gasteiger partial charge is 0.216 e. The number of hydrogen-bond acceptors (Lipinski definition) is 6. The van der Waals surface area contributed by atoms with Crippen molar-refractivity contribution in [3.63, 3.8) is 0 Å². The minimum Gasteiger partial charge on any atom is -0.497 e. The highest BCUT2D eigenvalue weighted by atomic mass is 127. The van der Waals surface area contributed by atoms with Crippen molar-refractivity contribution >= 4 is 29.9 Å². The van der Waals surface area contributed by atoms with Crippen LogP contribution in [-0.4, -0.2) is 47.4 Å². The number of furan rings is 1. The lowest BCUT2D eigenvalue weighted by molar-refractivity contribution is 0.223. The lowest BCUT2D eigenvalue weighted by Gasteiger charge is -2.18. The van der Waals surface area contributed by atoms with E-state index in [-0.39, 0.29) is 30.1 Å². The van der Waals surface area contributed by atoms with Gasteiger partial charge in [0.05, 0.1) is 19.9 Å². The zero-order valence-corrected chi connectivity index (χ0v) is 19.5. The molecule has 1 unspecified atom stereocenters. The van der Waals surface area contributed by atoms with E-state index in [2.05, 4.69) is 30.8 Å². The molecule has 10 heteroatoms. The number of rotatable bonds is 9. The van der Waals surface area contributed by atoms with Crippen molar-refractivity contribution in [2.24, 2.45) is 4.99 Å². The van der Waals surface area contributed by atoms with Gasteiger partial charge in [0.25, 0.3) is 0 Å².